The summed E-state index contributed by atoms with van der Waals surface area (Å²) in [4.78, 5) is 0. The Morgan fingerprint density at radius 1 is 0.688 bits per heavy atom. The summed E-state index contributed by atoms with van der Waals surface area (Å²) in [6.07, 6.45) is 6.70. The van der Waals surface area contributed by atoms with Crippen LogP contribution in [0.2, 0.25) is 0 Å². The summed E-state index contributed by atoms with van der Waals surface area (Å²) in [5.41, 5.74) is 6.71. The van der Waals surface area contributed by atoms with Gasteiger partial charge in [0.05, 0.1) is 23.4 Å². The normalized spacial score (nSPS) is 11.5. The van der Waals surface area contributed by atoms with Gasteiger partial charge < -0.3 is 4.74 Å². The molecule has 3 aromatic carbocycles. The van der Waals surface area contributed by atoms with E-state index in [0.29, 0.717) is 0 Å². The number of methoxy groups -OCH3 is 1. The number of benzene rings is 3. The fraction of sp³-hybridized carbons (Fsp3) is 0.233. The Balaban J connectivity index is 2.10. The molecule has 2 heterocycles. The Hall–Kier alpha value is -3.39. The fourth-order valence-corrected chi connectivity index (χ4v) is 5.18. The smallest absolute Gasteiger partial charge is 0.227 e. The van der Waals surface area contributed by atoms with Gasteiger partial charge in [-0.15, -0.1) is 0 Å². The van der Waals surface area contributed by atoms with Crippen molar-refractivity contribution in [2.75, 3.05) is 7.11 Å². The van der Waals surface area contributed by atoms with Crippen molar-refractivity contribution in [1.82, 2.24) is 0 Å². The Kier molecular flexibility index (Phi) is 5.53. The summed E-state index contributed by atoms with van der Waals surface area (Å²) in [6.45, 7) is 4.55. The summed E-state index contributed by atoms with van der Waals surface area (Å²) >= 11 is 0. The molecule has 0 radical (unpaired) electrons. The quantitative estimate of drug-likeness (QED) is 0.159. The van der Waals surface area contributed by atoms with E-state index in [1.54, 1.807) is 7.11 Å². The molecule has 0 saturated heterocycles. The minimum Gasteiger partial charge on any atom is -0.496 e. The second-order valence-corrected chi connectivity index (χ2v) is 8.48. The van der Waals surface area contributed by atoms with E-state index in [9.17, 15) is 0 Å². The monoisotopic (exact) mass is 420 g/mol. The highest BCUT2D eigenvalue weighted by molar-refractivity contribution is 6.11. The average molecular weight is 421 g/mol. The van der Waals surface area contributed by atoms with Gasteiger partial charge in [0.2, 0.25) is 5.52 Å². The van der Waals surface area contributed by atoms with Crippen molar-refractivity contribution in [3.05, 3.63) is 90.3 Å². The van der Waals surface area contributed by atoms with Crippen molar-refractivity contribution in [2.45, 2.75) is 39.5 Å². The second-order valence-electron chi connectivity index (χ2n) is 8.48. The fourth-order valence-electron chi connectivity index (χ4n) is 5.18. The maximum Gasteiger partial charge on any atom is 0.227 e. The summed E-state index contributed by atoms with van der Waals surface area (Å²) in [7, 11) is 1.77. The molecule has 160 valence electrons. The first kappa shape index (κ1) is 20.5. The first-order valence-corrected chi connectivity index (χ1v) is 11.7. The van der Waals surface area contributed by atoms with Crippen molar-refractivity contribution >= 4 is 27.1 Å². The van der Waals surface area contributed by atoms with Gasteiger partial charge in [0.25, 0.3) is 0 Å². The van der Waals surface area contributed by atoms with Crippen LogP contribution in [0.3, 0.4) is 0 Å². The molecule has 2 nitrogen and oxygen atoms in total. The van der Waals surface area contributed by atoms with E-state index >= 15 is 0 Å². The Morgan fingerprint density at radius 3 is 2.09 bits per heavy atom. The number of nitrogens with zero attached hydrogens (tertiary/aromatic N) is 1. The molecule has 0 atom stereocenters. The third-order valence-electron chi connectivity index (χ3n) is 6.49. The van der Waals surface area contributed by atoms with Gasteiger partial charge in [-0.25, -0.2) is 0 Å². The molecule has 5 aromatic rings. The lowest BCUT2D eigenvalue weighted by molar-refractivity contribution is -0.519. The van der Waals surface area contributed by atoms with E-state index in [1.807, 2.05) is 0 Å². The molecule has 2 aromatic heterocycles. The van der Waals surface area contributed by atoms with Crippen LogP contribution in [0.4, 0.5) is 0 Å². The van der Waals surface area contributed by atoms with Gasteiger partial charge in [-0.1, -0.05) is 80.9 Å². The minimum atomic E-state index is 0.918. The number of hydrogen-bond acceptors (Lipinski definition) is 1. The van der Waals surface area contributed by atoms with Crippen LogP contribution in [-0.2, 0) is 12.8 Å². The number of rotatable bonds is 6. The lowest BCUT2D eigenvalue weighted by atomic mass is 9.91. The predicted octanol–water partition coefficient (Wildman–Crippen LogP) is 7.31. The van der Waals surface area contributed by atoms with E-state index in [-0.39, 0.29) is 0 Å². The highest BCUT2D eigenvalue weighted by atomic mass is 16.5. The van der Waals surface area contributed by atoms with E-state index in [1.165, 1.54) is 44.1 Å². The van der Waals surface area contributed by atoms with Crippen LogP contribution in [-0.4, -0.2) is 7.11 Å². The number of fused-ring (bicyclic) bond motifs is 4. The lowest BCUT2D eigenvalue weighted by Gasteiger charge is -2.16. The first-order valence-electron chi connectivity index (χ1n) is 11.7. The van der Waals surface area contributed by atoms with Gasteiger partial charge in [0.15, 0.2) is 11.9 Å². The summed E-state index contributed by atoms with van der Waals surface area (Å²) in [5, 5.41) is 5.09. The zero-order chi connectivity index (χ0) is 22.1. The molecule has 0 aliphatic heterocycles. The second kappa shape index (κ2) is 8.63. The highest BCUT2D eigenvalue weighted by Gasteiger charge is 2.26. The number of aromatic nitrogens is 1. The van der Waals surface area contributed by atoms with Gasteiger partial charge >= 0.3 is 0 Å². The maximum atomic E-state index is 5.82. The van der Waals surface area contributed by atoms with Gasteiger partial charge in [-0.3, -0.25) is 0 Å². The third-order valence-corrected chi connectivity index (χ3v) is 6.49. The van der Waals surface area contributed by atoms with Crippen LogP contribution >= 0.6 is 0 Å². The Labute approximate surface area is 190 Å². The van der Waals surface area contributed by atoms with Gasteiger partial charge in [0.1, 0.15) is 5.75 Å². The predicted molar refractivity (Wildman–Crippen MR) is 135 cm³/mol. The molecule has 0 unspecified atom stereocenters. The Morgan fingerprint density at radius 2 is 1.38 bits per heavy atom. The van der Waals surface area contributed by atoms with Crippen molar-refractivity contribution in [3.63, 3.8) is 0 Å². The Bertz CT molecular complexity index is 1420. The van der Waals surface area contributed by atoms with Crippen molar-refractivity contribution in [1.29, 1.82) is 0 Å². The van der Waals surface area contributed by atoms with E-state index in [0.717, 1.165) is 36.8 Å². The molecule has 0 aliphatic carbocycles. The SMILES string of the molecule is CCCc1c(CCC)[n+]2cc3c(OC)cccc3c(-c3ccccc3)c2c2ccccc12. The van der Waals surface area contributed by atoms with E-state index < -0.39 is 0 Å². The molecular formula is C30H30NO+. The minimum absolute atomic E-state index is 0.918. The summed E-state index contributed by atoms with van der Waals surface area (Å²) < 4.78 is 8.30. The molecule has 0 saturated carbocycles. The van der Waals surface area contributed by atoms with Crippen LogP contribution in [0.1, 0.15) is 37.9 Å². The van der Waals surface area contributed by atoms with Crippen LogP contribution in [0.25, 0.3) is 38.2 Å². The molecule has 2 heteroatoms. The average Bonchev–Trinajstić information content (AvgIpc) is 2.85. The van der Waals surface area contributed by atoms with E-state index in [4.69, 9.17) is 4.74 Å². The molecule has 0 fully saturated rings. The van der Waals surface area contributed by atoms with E-state index in [2.05, 4.69) is 97.2 Å². The molecule has 0 amide bonds. The van der Waals surface area contributed by atoms with Gasteiger partial charge in [0, 0.05) is 17.4 Å². The largest absolute Gasteiger partial charge is 0.496 e. The van der Waals surface area contributed by atoms with Gasteiger partial charge in [-0.05, 0) is 35.9 Å². The number of ether oxygens (including phenoxy) is 1. The number of hydrogen-bond donors (Lipinski definition) is 0. The molecule has 5 rings (SSSR count). The zero-order valence-corrected chi connectivity index (χ0v) is 19.2. The molecule has 0 N–H and O–H groups in total. The standard InChI is InChI=1S/C30H30NO/c1-4-12-23-22-16-9-10-17-25(22)30-29(21-14-7-6-8-15-21)24-18-11-19-28(32-3)26(24)20-31(30)27(23)13-5-2/h6-11,14-20H,4-5,12-13H2,1-3H3/q+1. The zero-order valence-electron chi connectivity index (χ0n) is 19.2. The molecular weight excluding hydrogens is 390 g/mol. The molecule has 0 bridgehead atoms. The van der Waals surface area contributed by atoms with Gasteiger partial charge in [-0.2, -0.15) is 4.40 Å². The van der Waals surface area contributed by atoms with Crippen LogP contribution in [0, 0.1) is 0 Å². The van der Waals surface area contributed by atoms with Crippen LogP contribution in [0.15, 0.2) is 79.0 Å². The topological polar surface area (TPSA) is 13.3 Å². The highest BCUT2D eigenvalue weighted by Crippen LogP contribution is 2.38. The maximum absolute atomic E-state index is 5.82. The molecule has 0 aliphatic rings. The van der Waals surface area contributed by atoms with Crippen LogP contribution < -0.4 is 9.14 Å². The molecule has 0 spiro atoms. The number of aryl methyl sites for hydroxylation is 2. The summed E-state index contributed by atoms with van der Waals surface area (Å²) in [5.74, 6) is 0.918. The summed E-state index contributed by atoms with van der Waals surface area (Å²) in [6, 6.07) is 26.1. The third kappa shape index (κ3) is 3.22. The molecule has 32 heavy (non-hydrogen) atoms. The number of pyridine rings is 2. The first-order chi connectivity index (χ1) is 15.8. The van der Waals surface area contributed by atoms with Crippen molar-refractivity contribution < 1.29 is 9.14 Å². The van der Waals surface area contributed by atoms with Crippen molar-refractivity contribution in [2.24, 2.45) is 0 Å². The van der Waals surface area contributed by atoms with Crippen LogP contribution in [0.5, 0.6) is 5.75 Å². The lowest BCUT2D eigenvalue weighted by Crippen LogP contribution is -2.31. The van der Waals surface area contributed by atoms with Crippen molar-refractivity contribution in [3.8, 4) is 16.9 Å².